The van der Waals surface area contributed by atoms with Crippen LogP contribution in [0.15, 0.2) is 18.2 Å². The van der Waals surface area contributed by atoms with Crippen molar-refractivity contribution in [3.63, 3.8) is 0 Å². The topological polar surface area (TPSA) is 18.5 Å². The van der Waals surface area contributed by atoms with Crippen LogP contribution in [0.25, 0.3) is 0 Å². The molecule has 1 fully saturated rings. The molecule has 1 heterocycles. The third kappa shape index (κ3) is 2.91. The maximum atomic E-state index is 13.5. The zero-order valence-electron chi connectivity index (χ0n) is 8.21. The predicted molar refractivity (Wildman–Crippen MR) is 60.0 cm³/mol. The van der Waals surface area contributed by atoms with Crippen molar-refractivity contribution >= 4 is 34.8 Å². The van der Waals surface area contributed by atoms with E-state index in [1.54, 1.807) is 0 Å². The van der Waals surface area contributed by atoms with Crippen molar-refractivity contribution in [3.8, 4) is 0 Å². The van der Waals surface area contributed by atoms with Gasteiger partial charge < -0.3 is 9.47 Å². The highest BCUT2D eigenvalue weighted by molar-refractivity contribution is 9.23. The van der Waals surface area contributed by atoms with Gasteiger partial charge in [0.05, 0.1) is 13.2 Å². The Morgan fingerprint density at radius 1 is 1.33 bits per heavy atom. The summed E-state index contributed by atoms with van der Waals surface area (Å²) in [6.07, 6.45) is 0.358. The van der Waals surface area contributed by atoms with Gasteiger partial charge in [-0.1, -0.05) is 12.1 Å². The van der Waals surface area contributed by atoms with Crippen molar-refractivity contribution in [2.75, 3.05) is 13.2 Å². The van der Waals surface area contributed by atoms with Crippen molar-refractivity contribution in [2.24, 2.45) is 0 Å². The average molecular weight is 285 g/mol. The van der Waals surface area contributed by atoms with Crippen molar-refractivity contribution in [2.45, 2.75) is 12.7 Å². The molecular weight excluding hydrogens is 275 g/mol. The van der Waals surface area contributed by atoms with Gasteiger partial charge in [-0.15, -0.1) is 0 Å². The standard InChI is InChI=1S/C10H10FO2.BrH.Mg/c11-9-5-2-1-4-8(9)10-12-6-3-7-13-10;;/h2,4-5,10H,3,6-7H2;1H;/q;;+1/p-1. The lowest BCUT2D eigenvalue weighted by Crippen LogP contribution is -2.21. The normalized spacial score (nSPS) is 17.5. The molecule has 0 spiro atoms. The van der Waals surface area contributed by atoms with E-state index in [0.29, 0.717) is 18.8 Å². The molecule has 1 aromatic rings. The van der Waals surface area contributed by atoms with E-state index in [-0.39, 0.29) is 5.82 Å². The highest BCUT2D eigenvalue weighted by Crippen LogP contribution is 2.24. The second-order valence-corrected chi connectivity index (χ2v) is 6.18. The number of benzene rings is 1. The van der Waals surface area contributed by atoms with E-state index >= 15 is 0 Å². The van der Waals surface area contributed by atoms with Gasteiger partial charge in [0, 0.05) is 5.56 Å². The van der Waals surface area contributed by atoms with Crippen LogP contribution in [-0.4, -0.2) is 31.4 Å². The fraction of sp³-hybridized carbons (Fsp3) is 0.400. The van der Waals surface area contributed by atoms with Crippen LogP contribution in [-0.2, 0) is 9.47 Å². The van der Waals surface area contributed by atoms with Crippen LogP contribution in [0.4, 0.5) is 4.39 Å². The molecule has 5 heteroatoms. The minimum absolute atomic E-state index is 0.249. The summed E-state index contributed by atoms with van der Waals surface area (Å²) < 4.78 is 25.5. The van der Waals surface area contributed by atoms with E-state index in [2.05, 4.69) is 12.9 Å². The summed E-state index contributed by atoms with van der Waals surface area (Å²) in [6.45, 7) is 1.28. The van der Waals surface area contributed by atoms with E-state index in [4.69, 9.17) is 9.47 Å². The molecule has 0 amide bonds. The molecule has 0 bridgehead atoms. The molecule has 0 atom stereocenters. The van der Waals surface area contributed by atoms with E-state index < -0.39 is 24.5 Å². The second kappa shape index (κ2) is 5.59. The Morgan fingerprint density at radius 3 is 2.73 bits per heavy atom. The van der Waals surface area contributed by atoms with E-state index in [1.165, 1.54) is 6.07 Å². The first kappa shape index (κ1) is 11.8. The predicted octanol–water partition coefficient (Wildman–Crippen LogP) is 1.90. The van der Waals surface area contributed by atoms with Crippen LogP contribution in [0.1, 0.15) is 18.3 Å². The minimum atomic E-state index is -0.522. The molecule has 78 valence electrons. The molecule has 0 aromatic heterocycles. The molecule has 0 unspecified atom stereocenters. The Labute approximate surface area is 104 Å². The lowest BCUT2D eigenvalue weighted by atomic mass is 10.2. The fourth-order valence-electron chi connectivity index (χ4n) is 1.52. The number of halogens is 2. The molecule has 1 aromatic carbocycles. The van der Waals surface area contributed by atoms with Crippen LogP contribution in [0.2, 0.25) is 0 Å². The molecule has 0 aliphatic carbocycles. The van der Waals surface area contributed by atoms with Gasteiger partial charge in [-0.3, -0.25) is 12.9 Å². The van der Waals surface area contributed by atoms with Gasteiger partial charge in [-0.25, -0.2) is 4.39 Å². The highest BCUT2D eigenvalue weighted by atomic mass is 79.9. The quantitative estimate of drug-likeness (QED) is 0.773. The van der Waals surface area contributed by atoms with Crippen LogP contribution < -0.4 is 3.69 Å². The third-order valence-electron chi connectivity index (χ3n) is 2.30. The van der Waals surface area contributed by atoms with E-state index in [0.717, 1.165) is 10.1 Å². The summed E-state index contributed by atoms with van der Waals surface area (Å²) in [6, 6.07) is 5.13. The smallest absolute Gasteiger partial charge is 0.348 e. The number of ether oxygens (including phenoxy) is 2. The zero-order valence-corrected chi connectivity index (χ0v) is 11.2. The van der Waals surface area contributed by atoms with Gasteiger partial charge in [-0.05, 0) is 12.5 Å². The van der Waals surface area contributed by atoms with E-state index in [9.17, 15) is 4.39 Å². The molecular formula is C10H10BrFMgO2. The SMILES string of the molecule is Fc1cc[c]([Mg][Br])cc1C1OCCCO1. The largest absolute Gasteiger partial charge is 0.506 e. The lowest BCUT2D eigenvalue weighted by molar-refractivity contribution is -0.184. The second-order valence-electron chi connectivity index (χ2n) is 3.42. The van der Waals surface area contributed by atoms with Gasteiger partial charge in [-0.2, -0.15) is 3.69 Å². The van der Waals surface area contributed by atoms with Gasteiger partial charge >= 0.3 is 18.2 Å². The molecule has 2 nitrogen and oxygen atoms in total. The summed E-state index contributed by atoms with van der Waals surface area (Å²) in [5, 5.41) is 0. The van der Waals surface area contributed by atoms with Gasteiger partial charge in [0.2, 0.25) is 0 Å². The Morgan fingerprint density at radius 2 is 2.07 bits per heavy atom. The monoisotopic (exact) mass is 284 g/mol. The Hall–Kier alpha value is 0.316. The molecule has 15 heavy (non-hydrogen) atoms. The van der Waals surface area contributed by atoms with Crippen LogP contribution in [0.3, 0.4) is 0 Å². The number of rotatable bonds is 2. The summed E-state index contributed by atoms with van der Waals surface area (Å²) in [5.41, 5.74) is 0.527. The molecule has 1 aliphatic rings. The summed E-state index contributed by atoms with van der Waals surface area (Å²) in [5.74, 6) is -0.249. The van der Waals surface area contributed by atoms with Crippen molar-refractivity contribution in [1.29, 1.82) is 0 Å². The van der Waals surface area contributed by atoms with E-state index in [1.807, 2.05) is 12.1 Å². The van der Waals surface area contributed by atoms with Gasteiger partial charge in [0.25, 0.3) is 0 Å². The van der Waals surface area contributed by atoms with Crippen LogP contribution in [0.5, 0.6) is 0 Å². The molecule has 1 saturated heterocycles. The minimum Gasteiger partial charge on any atom is -0.348 e. The Kier molecular flexibility index (Phi) is 4.39. The summed E-state index contributed by atoms with van der Waals surface area (Å²) in [7, 11) is 0. The highest BCUT2D eigenvalue weighted by Gasteiger charge is 2.20. The average Bonchev–Trinajstić information content (AvgIpc) is 2.31. The first-order valence-corrected chi connectivity index (χ1v) is 9.49. The van der Waals surface area contributed by atoms with Crippen molar-refractivity contribution in [1.82, 2.24) is 0 Å². The van der Waals surface area contributed by atoms with Crippen molar-refractivity contribution < 1.29 is 13.9 Å². The lowest BCUT2D eigenvalue weighted by Gasteiger charge is -2.24. The molecule has 2 rings (SSSR count). The van der Waals surface area contributed by atoms with Crippen LogP contribution in [0, 0.1) is 5.82 Å². The van der Waals surface area contributed by atoms with Crippen molar-refractivity contribution in [3.05, 3.63) is 29.6 Å². The number of hydrogen-bond acceptors (Lipinski definition) is 2. The molecule has 0 radical (unpaired) electrons. The molecule has 1 aliphatic heterocycles. The summed E-state index contributed by atoms with van der Waals surface area (Å²) >= 11 is 3.03. The maximum absolute atomic E-state index is 13.5. The van der Waals surface area contributed by atoms with Gasteiger partial charge in [0.15, 0.2) is 6.29 Å². The fourth-order valence-corrected chi connectivity index (χ4v) is 3.07. The first-order chi connectivity index (χ1) is 7.31. The third-order valence-corrected chi connectivity index (χ3v) is 4.99. The Bertz CT molecular complexity index is 342. The summed E-state index contributed by atoms with van der Waals surface area (Å²) in [4.78, 5) is 0. The Balaban J connectivity index is 2.24. The van der Waals surface area contributed by atoms with Crippen LogP contribution >= 0.6 is 12.9 Å². The maximum Gasteiger partial charge on any atom is 0.506 e. The molecule has 0 saturated carbocycles. The van der Waals surface area contributed by atoms with Gasteiger partial charge in [0.1, 0.15) is 5.82 Å². The first-order valence-electron chi connectivity index (χ1n) is 4.89. The molecule has 0 N–H and O–H groups in total. The zero-order chi connectivity index (χ0) is 10.7. The number of hydrogen-bond donors (Lipinski definition) is 0.